The molecule has 114 valence electrons. The maximum Gasteiger partial charge on any atom is 0.387 e. The number of nitrogens with one attached hydrogen (secondary N) is 1. The topological polar surface area (TPSA) is 52.0 Å². The third-order valence-corrected chi connectivity index (χ3v) is 2.95. The van der Waals surface area contributed by atoms with Gasteiger partial charge in [-0.25, -0.2) is 4.68 Å². The van der Waals surface area contributed by atoms with E-state index >= 15 is 0 Å². The van der Waals surface area contributed by atoms with Gasteiger partial charge in [0.25, 0.3) is 0 Å². The van der Waals surface area contributed by atoms with E-state index in [1.54, 1.807) is 16.9 Å². The van der Waals surface area contributed by atoms with Crippen molar-refractivity contribution < 1.29 is 13.5 Å². The standard InChI is InChI=1S/C13H15ClF2N4O/c1-2-17-6-11-8-20(19-18-11)7-9-5-10(14)3-4-12(9)21-13(15)16/h3-5,8,13,17H,2,6-7H2,1H3. The summed E-state index contributed by atoms with van der Waals surface area (Å²) in [7, 11) is 0. The zero-order chi connectivity index (χ0) is 15.2. The van der Waals surface area contributed by atoms with Gasteiger partial charge < -0.3 is 10.1 Å². The molecular weight excluding hydrogens is 302 g/mol. The lowest BCUT2D eigenvalue weighted by Crippen LogP contribution is -2.11. The molecule has 1 N–H and O–H groups in total. The largest absolute Gasteiger partial charge is 0.434 e. The van der Waals surface area contributed by atoms with Crippen molar-refractivity contribution in [2.24, 2.45) is 0 Å². The summed E-state index contributed by atoms with van der Waals surface area (Å²) in [5, 5.41) is 11.5. The number of rotatable bonds is 7. The molecule has 0 aliphatic heterocycles. The first-order valence-electron chi connectivity index (χ1n) is 6.41. The van der Waals surface area contributed by atoms with Crippen LogP contribution < -0.4 is 10.1 Å². The molecule has 0 aliphatic carbocycles. The maximum absolute atomic E-state index is 12.4. The van der Waals surface area contributed by atoms with Crippen LogP contribution in [0.1, 0.15) is 18.2 Å². The van der Waals surface area contributed by atoms with Crippen molar-refractivity contribution in [3.63, 3.8) is 0 Å². The average Bonchev–Trinajstić information content (AvgIpc) is 2.87. The van der Waals surface area contributed by atoms with E-state index in [1.807, 2.05) is 6.92 Å². The van der Waals surface area contributed by atoms with Gasteiger partial charge in [0, 0.05) is 17.1 Å². The molecule has 0 fully saturated rings. The van der Waals surface area contributed by atoms with Crippen LogP contribution in [0.3, 0.4) is 0 Å². The van der Waals surface area contributed by atoms with E-state index in [9.17, 15) is 8.78 Å². The second-order valence-electron chi connectivity index (χ2n) is 4.32. The fraction of sp³-hybridized carbons (Fsp3) is 0.385. The first-order valence-corrected chi connectivity index (χ1v) is 6.79. The van der Waals surface area contributed by atoms with Crippen LogP contribution in [0.5, 0.6) is 5.75 Å². The van der Waals surface area contributed by atoms with E-state index in [4.69, 9.17) is 11.6 Å². The van der Waals surface area contributed by atoms with Crippen LogP contribution in [-0.2, 0) is 13.1 Å². The van der Waals surface area contributed by atoms with Gasteiger partial charge in [0.15, 0.2) is 0 Å². The molecule has 2 rings (SSSR count). The molecule has 0 atom stereocenters. The smallest absolute Gasteiger partial charge is 0.387 e. The minimum atomic E-state index is -2.88. The lowest BCUT2D eigenvalue weighted by atomic mass is 10.2. The molecule has 1 aromatic carbocycles. The summed E-state index contributed by atoms with van der Waals surface area (Å²) in [5.74, 6) is 0.0816. The number of hydrogen-bond donors (Lipinski definition) is 1. The molecule has 5 nitrogen and oxygen atoms in total. The van der Waals surface area contributed by atoms with Crippen LogP contribution in [0.25, 0.3) is 0 Å². The van der Waals surface area contributed by atoms with E-state index in [2.05, 4.69) is 20.4 Å². The third kappa shape index (κ3) is 4.64. The molecule has 0 spiro atoms. The van der Waals surface area contributed by atoms with Crippen LogP contribution in [-0.4, -0.2) is 28.2 Å². The number of ether oxygens (including phenoxy) is 1. The van der Waals surface area contributed by atoms with Gasteiger partial charge in [-0.3, -0.25) is 0 Å². The van der Waals surface area contributed by atoms with Crippen molar-refractivity contribution in [1.29, 1.82) is 0 Å². The molecule has 0 radical (unpaired) electrons. The van der Waals surface area contributed by atoms with Gasteiger partial charge >= 0.3 is 6.61 Å². The second kappa shape index (κ2) is 7.33. The Labute approximate surface area is 125 Å². The Kier molecular flexibility index (Phi) is 5.46. The number of aromatic nitrogens is 3. The first kappa shape index (κ1) is 15.7. The summed E-state index contributed by atoms with van der Waals surface area (Å²) in [5.41, 5.74) is 1.29. The summed E-state index contributed by atoms with van der Waals surface area (Å²) >= 11 is 5.89. The van der Waals surface area contributed by atoms with E-state index in [0.717, 1.165) is 12.2 Å². The number of benzene rings is 1. The lowest BCUT2D eigenvalue weighted by molar-refractivity contribution is -0.0505. The summed E-state index contributed by atoms with van der Waals surface area (Å²) in [4.78, 5) is 0. The van der Waals surface area contributed by atoms with Crippen LogP contribution in [0.4, 0.5) is 8.78 Å². The van der Waals surface area contributed by atoms with Gasteiger partial charge in [-0.05, 0) is 24.7 Å². The molecule has 1 aromatic heterocycles. The third-order valence-electron chi connectivity index (χ3n) is 2.71. The summed E-state index contributed by atoms with van der Waals surface area (Å²) < 4.78 is 30.8. The van der Waals surface area contributed by atoms with Gasteiger partial charge in [-0.15, -0.1) is 5.10 Å². The SMILES string of the molecule is CCNCc1cn(Cc2cc(Cl)ccc2OC(F)F)nn1. The van der Waals surface area contributed by atoms with Crippen molar-refractivity contribution in [2.75, 3.05) is 6.54 Å². The van der Waals surface area contributed by atoms with Crippen LogP contribution in [0, 0.1) is 0 Å². The molecule has 0 saturated carbocycles. The van der Waals surface area contributed by atoms with Crippen molar-refractivity contribution in [2.45, 2.75) is 26.6 Å². The Morgan fingerprint density at radius 1 is 1.43 bits per heavy atom. The predicted molar refractivity (Wildman–Crippen MR) is 74.6 cm³/mol. The normalized spacial score (nSPS) is 11.1. The molecule has 8 heteroatoms. The average molecular weight is 317 g/mol. The molecule has 21 heavy (non-hydrogen) atoms. The first-order chi connectivity index (χ1) is 10.1. The summed E-state index contributed by atoms with van der Waals surface area (Å²) in [6.07, 6.45) is 1.75. The zero-order valence-electron chi connectivity index (χ0n) is 11.4. The molecule has 2 aromatic rings. The van der Waals surface area contributed by atoms with Gasteiger partial charge in [0.05, 0.1) is 18.4 Å². The molecule has 0 bridgehead atoms. The highest BCUT2D eigenvalue weighted by molar-refractivity contribution is 6.30. The highest BCUT2D eigenvalue weighted by Crippen LogP contribution is 2.25. The number of hydrogen-bond acceptors (Lipinski definition) is 4. The van der Waals surface area contributed by atoms with E-state index in [-0.39, 0.29) is 12.3 Å². The minimum Gasteiger partial charge on any atom is -0.434 e. The number of alkyl halides is 2. The Morgan fingerprint density at radius 3 is 2.95 bits per heavy atom. The minimum absolute atomic E-state index is 0.0816. The summed E-state index contributed by atoms with van der Waals surface area (Å²) in [6.45, 7) is 0.788. The second-order valence-corrected chi connectivity index (χ2v) is 4.75. The van der Waals surface area contributed by atoms with Crippen molar-refractivity contribution in [1.82, 2.24) is 20.3 Å². The van der Waals surface area contributed by atoms with Crippen molar-refractivity contribution in [3.8, 4) is 5.75 Å². The Hall–Kier alpha value is -1.73. The van der Waals surface area contributed by atoms with Crippen molar-refractivity contribution in [3.05, 3.63) is 40.7 Å². The Bertz CT molecular complexity index is 591. The van der Waals surface area contributed by atoms with E-state index < -0.39 is 6.61 Å². The maximum atomic E-state index is 12.4. The fourth-order valence-corrected chi connectivity index (χ4v) is 2.00. The van der Waals surface area contributed by atoms with Crippen LogP contribution in [0.15, 0.2) is 24.4 Å². The fourth-order valence-electron chi connectivity index (χ4n) is 1.81. The molecule has 0 aliphatic rings. The van der Waals surface area contributed by atoms with Gasteiger partial charge in [-0.2, -0.15) is 8.78 Å². The van der Waals surface area contributed by atoms with Gasteiger partial charge in [-0.1, -0.05) is 23.7 Å². The Balaban J connectivity index is 2.14. The van der Waals surface area contributed by atoms with Gasteiger partial charge in [0.2, 0.25) is 0 Å². The predicted octanol–water partition coefficient (Wildman–Crippen LogP) is 2.69. The van der Waals surface area contributed by atoms with Crippen molar-refractivity contribution >= 4 is 11.6 Å². The molecule has 0 saturated heterocycles. The lowest BCUT2D eigenvalue weighted by Gasteiger charge is -2.10. The Morgan fingerprint density at radius 2 is 2.24 bits per heavy atom. The van der Waals surface area contributed by atoms with E-state index in [1.165, 1.54) is 12.1 Å². The van der Waals surface area contributed by atoms with E-state index in [0.29, 0.717) is 17.1 Å². The molecule has 0 unspecified atom stereocenters. The van der Waals surface area contributed by atoms with Crippen LogP contribution >= 0.6 is 11.6 Å². The monoisotopic (exact) mass is 316 g/mol. The van der Waals surface area contributed by atoms with Crippen LogP contribution in [0.2, 0.25) is 5.02 Å². The zero-order valence-corrected chi connectivity index (χ0v) is 12.1. The highest BCUT2D eigenvalue weighted by Gasteiger charge is 2.11. The molecular formula is C13H15ClF2N4O. The number of halogens is 3. The quantitative estimate of drug-likeness (QED) is 0.853. The molecule has 0 amide bonds. The molecule has 1 heterocycles. The number of nitrogens with zero attached hydrogens (tertiary/aromatic N) is 3. The summed E-state index contributed by atoms with van der Waals surface area (Å²) in [6, 6.07) is 4.49. The highest BCUT2D eigenvalue weighted by atomic mass is 35.5. The van der Waals surface area contributed by atoms with Gasteiger partial charge in [0.1, 0.15) is 5.75 Å².